The van der Waals surface area contributed by atoms with Gasteiger partial charge in [0, 0.05) is 18.1 Å². The van der Waals surface area contributed by atoms with Gasteiger partial charge in [0.05, 0.1) is 26.7 Å². The number of ether oxygens (including phenoxy) is 2. The fraction of sp³-hybridized carbons (Fsp3) is 0.190. The molecule has 26 heavy (non-hydrogen) atoms. The highest BCUT2D eigenvalue weighted by atomic mass is 16.5. The fourth-order valence-electron chi connectivity index (χ4n) is 2.86. The van der Waals surface area contributed by atoms with Crippen LogP contribution >= 0.6 is 0 Å². The zero-order chi connectivity index (χ0) is 18.4. The molecule has 134 valence electrons. The lowest BCUT2D eigenvalue weighted by Crippen LogP contribution is -2.19. The molecule has 0 aliphatic heterocycles. The van der Waals surface area contributed by atoms with Crippen molar-refractivity contribution in [3.8, 4) is 11.5 Å². The van der Waals surface area contributed by atoms with Crippen LogP contribution in [0.1, 0.15) is 18.0 Å². The van der Waals surface area contributed by atoms with Crippen molar-refractivity contribution < 1.29 is 14.3 Å². The first-order chi connectivity index (χ1) is 12.7. The molecule has 5 nitrogen and oxygen atoms in total. The Hall–Kier alpha value is -3.21. The van der Waals surface area contributed by atoms with Crippen LogP contribution in [0.15, 0.2) is 73.1 Å². The number of carbonyl (C=O) groups excluding carboxylic acids is 1. The number of rotatable bonds is 7. The van der Waals surface area contributed by atoms with Gasteiger partial charge in [-0.15, -0.1) is 0 Å². The lowest BCUT2D eigenvalue weighted by atomic mass is 10.0. The van der Waals surface area contributed by atoms with E-state index in [1.807, 2.05) is 77.6 Å². The highest BCUT2D eigenvalue weighted by Crippen LogP contribution is 2.26. The summed E-state index contributed by atoms with van der Waals surface area (Å²) in [5.74, 6) is 1.47. The van der Waals surface area contributed by atoms with Gasteiger partial charge < -0.3 is 19.4 Å². The van der Waals surface area contributed by atoms with E-state index in [1.54, 1.807) is 14.2 Å². The van der Waals surface area contributed by atoms with Crippen molar-refractivity contribution in [1.29, 1.82) is 0 Å². The first kappa shape index (κ1) is 17.6. The van der Waals surface area contributed by atoms with E-state index in [9.17, 15) is 4.79 Å². The van der Waals surface area contributed by atoms with Gasteiger partial charge in [0.2, 0.25) is 5.91 Å². The standard InChI is InChI=1S/C21H22N2O3/c1-25-18-10-8-17(9-11-18)22-21(24)15-20(23-12-3-4-13-23)16-6-5-7-19(14-16)26-2/h3-14,20H,15H2,1-2H3,(H,22,24). The van der Waals surface area contributed by atoms with Gasteiger partial charge in [-0.25, -0.2) is 0 Å². The number of amides is 1. The molecule has 1 N–H and O–H groups in total. The molecular weight excluding hydrogens is 328 g/mol. The molecule has 0 fully saturated rings. The van der Waals surface area contributed by atoms with Crippen molar-refractivity contribution >= 4 is 11.6 Å². The number of anilines is 1. The molecular formula is C21H22N2O3. The molecule has 3 aromatic rings. The normalized spacial score (nSPS) is 11.6. The minimum atomic E-state index is -0.113. The van der Waals surface area contributed by atoms with Gasteiger partial charge >= 0.3 is 0 Å². The van der Waals surface area contributed by atoms with Crippen molar-refractivity contribution in [3.63, 3.8) is 0 Å². The summed E-state index contributed by atoms with van der Waals surface area (Å²) in [6.45, 7) is 0. The first-order valence-corrected chi connectivity index (χ1v) is 8.40. The molecule has 0 saturated carbocycles. The summed E-state index contributed by atoms with van der Waals surface area (Å²) in [5.41, 5.74) is 1.76. The maximum atomic E-state index is 12.6. The maximum Gasteiger partial charge on any atom is 0.226 e. The Morgan fingerprint density at radius 2 is 1.65 bits per heavy atom. The summed E-state index contributed by atoms with van der Waals surface area (Å²) in [7, 11) is 3.25. The zero-order valence-electron chi connectivity index (χ0n) is 14.9. The van der Waals surface area contributed by atoms with E-state index in [2.05, 4.69) is 5.32 Å². The monoisotopic (exact) mass is 350 g/mol. The average molecular weight is 350 g/mol. The Morgan fingerprint density at radius 3 is 2.31 bits per heavy atom. The molecule has 0 saturated heterocycles. The summed E-state index contributed by atoms with van der Waals surface area (Å²) >= 11 is 0. The first-order valence-electron chi connectivity index (χ1n) is 8.40. The minimum Gasteiger partial charge on any atom is -0.497 e. The fourth-order valence-corrected chi connectivity index (χ4v) is 2.86. The van der Waals surface area contributed by atoms with Crippen LogP contribution in [0, 0.1) is 0 Å². The van der Waals surface area contributed by atoms with Gasteiger partial charge in [0.25, 0.3) is 0 Å². The number of nitrogens with zero attached hydrogens (tertiary/aromatic N) is 1. The van der Waals surface area contributed by atoms with Gasteiger partial charge in [-0.1, -0.05) is 12.1 Å². The molecule has 3 rings (SSSR count). The van der Waals surface area contributed by atoms with E-state index >= 15 is 0 Å². The highest BCUT2D eigenvalue weighted by molar-refractivity contribution is 5.91. The van der Waals surface area contributed by atoms with E-state index in [4.69, 9.17) is 9.47 Å². The number of nitrogens with one attached hydrogen (secondary N) is 1. The Labute approximate surface area is 153 Å². The van der Waals surface area contributed by atoms with E-state index in [-0.39, 0.29) is 11.9 Å². The highest BCUT2D eigenvalue weighted by Gasteiger charge is 2.18. The molecule has 0 bridgehead atoms. The molecule has 2 aromatic carbocycles. The van der Waals surface area contributed by atoms with Crippen LogP contribution < -0.4 is 14.8 Å². The number of benzene rings is 2. The van der Waals surface area contributed by atoms with Crippen molar-refractivity contribution in [3.05, 3.63) is 78.6 Å². The Balaban J connectivity index is 1.77. The van der Waals surface area contributed by atoms with Crippen LogP contribution in [0.2, 0.25) is 0 Å². The van der Waals surface area contributed by atoms with Gasteiger partial charge in [0.1, 0.15) is 11.5 Å². The predicted molar refractivity (Wildman–Crippen MR) is 102 cm³/mol. The summed E-state index contributed by atoms with van der Waals surface area (Å²) in [6, 6.07) is 18.9. The van der Waals surface area contributed by atoms with Gasteiger partial charge in [-0.2, -0.15) is 0 Å². The van der Waals surface area contributed by atoms with Crippen LogP contribution in [0.5, 0.6) is 11.5 Å². The van der Waals surface area contributed by atoms with E-state index in [0.29, 0.717) is 6.42 Å². The molecule has 1 atom stereocenters. The lowest BCUT2D eigenvalue weighted by Gasteiger charge is -2.20. The van der Waals surface area contributed by atoms with Crippen LogP contribution in [0.4, 0.5) is 5.69 Å². The molecule has 1 heterocycles. The van der Waals surface area contributed by atoms with Crippen molar-refractivity contribution in [2.24, 2.45) is 0 Å². The van der Waals surface area contributed by atoms with Gasteiger partial charge in [0.15, 0.2) is 0 Å². The summed E-state index contributed by atoms with van der Waals surface area (Å²) in [4.78, 5) is 12.6. The van der Waals surface area contributed by atoms with E-state index in [1.165, 1.54) is 0 Å². The molecule has 0 radical (unpaired) electrons. The molecule has 5 heteroatoms. The molecule has 1 unspecified atom stereocenters. The second-order valence-corrected chi connectivity index (χ2v) is 5.90. The SMILES string of the molecule is COc1ccc(NC(=O)CC(c2cccc(OC)c2)n2cccc2)cc1. The molecule has 0 aliphatic rings. The number of methoxy groups -OCH3 is 2. The number of aromatic nitrogens is 1. The largest absolute Gasteiger partial charge is 0.497 e. The zero-order valence-corrected chi connectivity index (χ0v) is 14.9. The minimum absolute atomic E-state index is 0.0586. The van der Waals surface area contributed by atoms with E-state index < -0.39 is 0 Å². The predicted octanol–water partition coefficient (Wildman–Crippen LogP) is 4.12. The van der Waals surface area contributed by atoms with Crippen LogP contribution in [0.3, 0.4) is 0 Å². The third-order valence-corrected chi connectivity index (χ3v) is 4.22. The van der Waals surface area contributed by atoms with Gasteiger partial charge in [-0.05, 0) is 54.1 Å². The topological polar surface area (TPSA) is 52.5 Å². The van der Waals surface area contributed by atoms with Gasteiger partial charge in [-0.3, -0.25) is 4.79 Å². The van der Waals surface area contributed by atoms with Crippen LogP contribution in [-0.4, -0.2) is 24.7 Å². The molecule has 1 amide bonds. The summed E-state index contributed by atoms with van der Waals surface area (Å²) in [5, 5.41) is 2.94. The molecule has 1 aromatic heterocycles. The molecule has 0 aliphatic carbocycles. The average Bonchev–Trinajstić information content (AvgIpc) is 3.21. The third kappa shape index (κ3) is 4.25. The summed E-state index contributed by atoms with van der Waals surface area (Å²) < 4.78 is 12.5. The third-order valence-electron chi connectivity index (χ3n) is 4.22. The van der Waals surface area contributed by atoms with Crippen LogP contribution in [0.25, 0.3) is 0 Å². The van der Waals surface area contributed by atoms with E-state index in [0.717, 1.165) is 22.7 Å². The maximum absolute atomic E-state index is 12.6. The number of hydrogen-bond donors (Lipinski definition) is 1. The smallest absolute Gasteiger partial charge is 0.226 e. The Morgan fingerprint density at radius 1 is 0.962 bits per heavy atom. The number of hydrogen-bond acceptors (Lipinski definition) is 3. The number of carbonyl (C=O) groups is 1. The van der Waals surface area contributed by atoms with Crippen molar-refractivity contribution in [1.82, 2.24) is 4.57 Å². The Bertz CT molecular complexity index is 842. The summed E-state index contributed by atoms with van der Waals surface area (Å²) in [6.07, 6.45) is 4.24. The second-order valence-electron chi connectivity index (χ2n) is 5.90. The lowest BCUT2D eigenvalue weighted by molar-refractivity contribution is -0.116. The quantitative estimate of drug-likeness (QED) is 0.697. The van der Waals surface area contributed by atoms with Crippen LogP contribution in [-0.2, 0) is 4.79 Å². The second kappa shape index (κ2) is 8.25. The molecule has 0 spiro atoms. The Kier molecular flexibility index (Phi) is 5.59. The van der Waals surface area contributed by atoms with Crippen molar-refractivity contribution in [2.45, 2.75) is 12.5 Å². The van der Waals surface area contributed by atoms with Crippen molar-refractivity contribution in [2.75, 3.05) is 19.5 Å².